The molecule has 8 rings (SSSR count). The first-order valence-electron chi connectivity index (χ1n) is 16.2. The molecule has 5 atom stereocenters. The number of aromatic nitrogens is 2. The summed E-state index contributed by atoms with van der Waals surface area (Å²) in [6.07, 6.45) is 6.99. The number of fused-ring (bicyclic) bond motifs is 4. The maximum atomic E-state index is 6.43. The highest BCUT2D eigenvalue weighted by molar-refractivity contribution is 5.88. The quantitative estimate of drug-likeness (QED) is 0.283. The Hall–Kier alpha value is -3.78. The van der Waals surface area contributed by atoms with Crippen LogP contribution in [0.4, 0.5) is 0 Å². The predicted octanol–water partition coefficient (Wildman–Crippen LogP) is 5.80. The molecule has 4 aliphatic rings. The number of hydrogen-bond donors (Lipinski definition) is 2. The molecule has 3 aromatic carbocycles. The van der Waals surface area contributed by atoms with Crippen LogP contribution in [0.25, 0.3) is 16.3 Å². The van der Waals surface area contributed by atoms with Crippen LogP contribution in [0.1, 0.15) is 65.6 Å². The van der Waals surface area contributed by atoms with E-state index in [1.165, 1.54) is 45.9 Å². The van der Waals surface area contributed by atoms with E-state index in [4.69, 9.17) is 19.4 Å². The van der Waals surface area contributed by atoms with Gasteiger partial charge in [0.05, 0.1) is 18.5 Å². The van der Waals surface area contributed by atoms with Gasteiger partial charge < -0.3 is 25.0 Å². The molecule has 7 heteroatoms. The van der Waals surface area contributed by atoms with Crippen molar-refractivity contribution in [2.45, 2.75) is 68.8 Å². The third kappa shape index (κ3) is 4.97. The van der Waals surface area contributed by atoms with E-state index in [9.17, 15) is 0 Å². The summed E-state index contributed by atoms with van der Waals surface area (Å²) in [4.78, 5) is 12.6. The first-order chi connectivity index (χ1) is 21.7. The summed E-state index contributed by atoms with van der Waals surface area (Å²) in [5.74, 6) is 1.57. The maximum absolute atomic E-state index is 6.43. The van der Waals surface area contributed by atoms with Crippen LogP contribution in [0.2, 0.25) is 0 Å². The smallest absolute Gasteiger partial charge is 0.316 e. The molecule has 2 fully saturated rings. The van der Waals surface area contributed by atoms with E-state index in [0.717, 1.165) is 49.6 Å². The van der Waals surface area contributed by atoms with Gasteiger partial charge in [0.25, 0.3) is 0 Å². The molecule has 0 radical (unpaired) electrons. The van der Waals surface area contributed by atoms with Crippen LogP contribution in [0.15, 0.2) is 72.8 Å². The van der Waals surface area contributed by atoms with Gasteiger partial charge >= 0.3 is 6.01 Å². The number of hydrogen-bond acceptors (Lipinski definition) is 7. The zero-order chi connectivity index (χ0) is 29.6. The van der Waals surface area contributed by atoms with Gasteiger partial charge in [-0.25, -0.2) is 0 Å². The fourth-order valence-corrected chi connectivity index (χ4v) is 8.29. The summed E-state index contributed by atoms with van der Waals surface area (Å²) >= 11 is 0. The lowest BCUT2D eigenvalue weighted by Gasteiger charge is -2.36. The van der Waals surface area contributed by atoms with Gasteiger partial charge in [-0.2, -0.15) is 9.97 Å². The van der Waals surface area contributed by atoms with Gasteiger partial charge in [0.2, 0.25) is 0 Å². The Morgan fingerprint density at radius 3 is 2.70 bits per heavy atom. The Kier molecular flexibility index (Phi) is 7.33. The molecule has 4 aliphatic heterocycles. The fraction of sp³-hybridized carbons (Fsp3) is 0.405. The minimum atomic E-state index is 0.155. The van der Waals surface area contributed by atoms with Gasteiger partial charge in [-0.05, 0) is 78.9 Å². The summed E-state index contributed by atoms with van der Waals surface area (Å²) in [5, 5.41) is 10.2. The van der Waals surface area contributed by atoms with Crippen LogP contribution in [0, 0.1) is 0 Å². The topological polar surface area (TPSA) is 71.5 Å². The Balaban J connectivity index is 1.20. The Morgan fingerprint density at radius 1 is 1.00 bits per heavy atom. The van der Waals surface area contributed by atoms with Crippen molar-refractivity contribution in [1.29, 1.82) is 0 Å². The number of methoxy groups -OCH3 is 1. The van der Waals surface area contributed by atoms with Crippen LogP contribution in [0.3, 0.4) is 0 Å². The van der Waals surface area contributed by atoms with Gasteiger partial charge in [0, 0.05) is 48.6 Å². The highest BCUT2D eigenvalue weighted by atomic mass is 16.5. The maximum Gasteiger partial charge on any atom is 0.316 e. The van der Waals surface area contributed by atoms with Gasteiger partial charge in [-0.3, -0.25) is 0 Å². The average molecular weight is 588 g/mol. The highest BCUT2D eigenvalue weighted by Gasteiger charge is 2.44. The molecule has 4 aromatic rings. The molecule has 2 N–H and O–H groups in total. The number of ether oxygens (including phenoxy) is 2. The van der Waals surface area contributed by atoms with Gasteiger partial charge in [-0.1, -0.05) is 60.7 Å². The molecule has 0 amide bonds. The molecule has 4 unspecified atom stereocenters. The Bertz CT molecular complexity index is 1710. The largest absolute Gasteiger partial charge is 0.489 e. The molecular weight excluding hydrogens is 546 g/mol. The van der Waals surface area contributed by atoms with Crippen molar-refractivity contribution in [3.05, 3.63) is 101 Å². The van der Waals surface area contributed by atoms with Crippen LogP contribution in [-0.2, 0) is 13.2 Å². The predicted molar refractivity (Wildman–Crippen MR) is 174 cm³/mol. The minimum absolute atomic E-state index is 0.155. The molecule has 7 nitrogen and oxygen atoms in total. The molecule has 0 saturated carbocycles. The van der Waals surface area contributed by atoms with Crippen molar-refractivity contribution >= 4 is 16.3 Å². The van der Waals surface area contributed by atoms with Crippen molar-refractivity contribution in [1.82, 2.24) is 25.5 Å². The second-order valence-electron chi connectivity index (χ2n) is 12.9. The SMILES string of the molecule is COc1nc2c(c(C3=CCC4CC(c5cc(OCc6ccccc6)cc6ccccc56)C3N4)n1)C([C@@H]1CCCN1C)CNC2. The standard InChI is InChI=1S/C37H41N5O2/c1-42-16-8-13-33(42)31-20-38-21-32-34(31)36(41-37(40-32)43-2)28-15-14-25-18-30(35(28)39-25)29-19-26(17-24-11-6-7-12-27(24)29)44-22-23-9-4-3-5-10-23/h3-7,9-12,15,17,19,25,30-31,33,35,38-39H,8,13-14,16,18,20-22H2,1-2H3/t25?,30?,31?,33-,35?/m0/s1. The van der Waals surface area contributed by atoms with Gasteiger partial charge in [0.15, 0.2) is 0 Å². The van der Waals surface area contributed by atoms with E-state index >= 15 is 0 Å². The first kappa shape index (κ1) is 27.7. The lowest BCUT2D eigenvalue weighted by atomic mass is 9.79. The molecule has 0 spiro atoms. The Morgan fingerprint density at radius 2 is 1.86 bits per heavy atom. The lowest BCUT2D eigenvalue weighted by molar-refractivity contribution is 0.256. The van der Waals surface area contributed by atoms with E-state index < -0.39 is 0 Å². The summed E-state index contributed by atoms with van der Waals surface area (Å²) in [5.41, 5.74) is 7.32. The van der Waals surface area contributed by atoms with Crippen molar-refractivity contribution in [3.63, 3.8) is 0 Å². The minimum Gasteiger partial charge on any atom is -0.489 e. The van der Waals surface area contributed by atoms with Crippen molar-refractivity contribution < 1.29 is 9.47 Å². The highest BCUT2D eigenvalue weighted by Crippen LogP contribution is 2.47. The summed E-state index contributed by atoms with van der Waals surface area (Å²) in [6, 6.07) is 25.2. The number of likely N-dealkylation sites (tertiary alicyclic amines) is 1. The molecule has 44 heavy (non-hydrogen) atoms. The normalized spacial score (nSPS) is 26.4. The van der Waals surface area contributed by atoms with E-state index in [1.807, 2.05) is 6.07 Å². The van der Waals surface area contributed by atoms with Crippen molar-refractivity contribution in [2.75, 3.05) is 27.2 Å². The summed E-state index contributed by atoms with van der Waals surface area (Å²) in [6.45, 7) is 3.40. The lowest BCUT2D eigenvalue weighted by Crippen LogP contribution is -2.42. The molecular formula is C37H41N5O2. The van der Waals surface area contributed by atoms with Crippen LogP contribution >= 0.6 is 0 Å². The number of benzene rings is 3. The number of likely N-dealkylation sites (N-methyl/N-ethyl adjacent to an activating group) is 1. The molecule has 1 aromatic heterocycles. The van der Waals surface area contributed by atoms with Crippen molar-refractivity contribution in [3.8, 4) is 11.8 Å². The number of rotatable bonds is 7. The van der Waals surface area contributed by atoms with Crippen LogP contribution in [-0.4, -0.2) is 60.2 Å². The molecule has 5 heterocycles. The third-order valence-corrected chi connectivity index (χ3v) is 10.4. The number of nitrogens with zero attached hydrogens (tertiary/aromatic N) is 3. The molecule has 2 saturated heterocycles. The second-order valence-corrected chi connectivity index (χ2v) is 12.9. The van der Waals surface area contributed by atoms with E-state index in [1.54, 1.807) is 7.11 Å². The molecule has 2 bridgehead atoms. The van der Waals surface area contributed by atoms with Gasteiger partial charge in [0.1, 0.15) is 12.4 Å². The van der Waals surface area contributed by atoms with Crippen LogP contribution in [0.5, 0.6) is 11.8 Å². The van der Waals surface area contributed by atoms with Crippen LogP contribution < -0.4 is 20.1 Å². The second kappa shape index (κ2) is 11.6. The number of nitrogens with one attached hydrogen (secondary N) is 2. The van der Waals surface area contributed by atoms with E-state index in [0.29, 0.717) is 36.5 Å². The van der Waals surface area contributed by atoms with E-state index in [2.05, 4.69) is 89.3 Å². The Labute approximate surface area is 259 Å². The summed E-state index contributed by atoms with van der Waals surface area (Å²) in [7, 11) is 3.95. The zero-order valence-corrected chi connectivity index (χ0v) is 25.6. The van der Waals surface area contributed by atoms with Gasteiger partial charge in [-0.15, -0.1) is 0 Å². The monoisotopic (exact) mass is 587 g/mol. The first-order valence-corrected chi connectivity index (χ1v) is 16.2. The summed E-state index contributed by atoms with van der Waals surface area (Å²) < 4.78 is 12.1. The zero-order valence-electron chi connectivity index (χ0n) is 25.6. The third-order valence-electron chi connectivity index (χ3n) is 10.4. The average Bonchev–Trinajstić information content (AvgIpc) is 3.65. The van der Waals surface area contributed by atoms with E-state index in [-0.39, 0.29) is 6.04 Å². The molecule has 226 valence electrons. The molecule has 0 aliphatic carbocycles. The fourth-order valence-electron chi connectivity index (χ4n) is 8.29. The van der Waals surface area contributed by atoms with Crippen molar-refractivity contribution in [2.24, 2.45) is 0 Å².